The SMILES string of the molecule is COC(=O)N(Cc1cc(Cl)cc(C(F)(F)F)c1)Cc1cc(C(F)(F)F)ccc1-c1cc(C(C)C)ccc1OC. The monoisotopic (exact) mass is 573 g/mol. The van der Waals surface area contributed by atoms with Gasteiger partial charge in [-0.1, -0.05) is 37.6 Å². The Labute approximate surface area is 227 Å². The summed E-state index contributed by atoms with van der Waals surface area (Å²) < 4.78 is 91.3. The normalized spacial score (nSPS) is 12.0. The summed E-state index contributed by atoms with van der Waals surface area (Å²) in [5.74, 6) is 0.500. The van der Waals surface area contributed by atoms with Gasteiger partial charge in [-0.25, -0.2) is 4.79 Å². The smallest absolute Gasteiger partial charge is 0.416 e. The molecule has 0 aliphatic rings. The lowest BCUT2D eigenvalue weighted by atomic mass is 9.92. The predicted molar refractivity (Wildman–Crippen MR) is 136 cm³/mol. The van der Waals surface area contributed by atoms with E-state index in [-0.39, 0.29) is 22.1 Å². The van der Waals surface area contributed by atoms with Crippen molar-refractivity contribution in [3.63, 3.8) is 0 Å². The second-order valence-electron chi connectivity index (χ2n) is 9.16. The number of rotatable bonds is 7. The maximum atomic E-state index is 13.7. The molecule has 0 saturated heterocycles. The molecule has 210 valence electrons. The first-order valence-corrected chi connectivity index (χ1v) is 12.1. The highest BCUT2D eigenvalue weighted by atomic mass is 35.5. The molecule has 3 aromatic rings. The summed E-state index contributed by atoms with van der Waals surface area (Å²) in [6, 6.07) is 11.3. The average molecular weight is 574 g/mol. The topological polar surface area (TPSA) is 38.8 Å². The molecule has 0 aliphatic heterocycles. The van der Waals surface area contributed by atoms with E-state index >= 15 is 0 Å². The van der Waals surface area contributed by atoms with Crippen molar-refractivity contribution >= 4 is 17.7 Å². The van der Waals surface area contributed by atoms with Gasteiger partial charge in [-0.05, 0) is 70.6 Å². The minimum Gasteiger partial charge on any atom is -0.496 e. The van der Waals surface area contributed by atoms with Crippen LogP contribution in [0.4, 0.5) is 31.1 Å². The van der Waals surface area contributed by atoms with E-state index in [9.17, 15) is 31.1 Å². The van der Waals surface area contributed by atoms with Crippen LogP contribution in [-0.4, -0.2) is 25.2 Å². The van der Waals surface area contributed by atoms with E-state index in [1.54, 1.807) is 12.1 Å². The molecule has 39 heavy (non-hydrogen) atoms. The highest BCUT2D eigenvalue weighted by molar-refractivity contribution is 6.30. The maximum Gasteiger partial charge on any atom is 0.416 e. The summed E-state index contributed by atoms with van der Waals surface area (Å²) in [4.78, 5) is 13.7. The number of benzene rings is 3. The summed E-state index contributed by atoms with van der Waals surface area (Å²) in [6.45, 7) is 3.10. The fourth-order valence-corrected chi connectivity index (χ4v) is 4.36. The number of carbonyl (C=O) groups is 1. The zero-order chi connectivity index (χ0) is 29.1. The van der Waals surface area contributed by atoms with Crippen LogP contribution in [0.5, 0.6) is 5.75 Å². The van der Waals surface area contributed by atoms with E-state index in [2.05, 4.69) is 0 Å². The van der Waals surface area contributed by atoms with Crippen LogP contribution in [0.3, 0.4) is 0 Å². The molecule has 0 aliphatic carbocycles. The molecule has 3 aromatic carbocycles. The summed E-state index contributed by atoms with van der Waals surface area (Å²) in [6.07, 6.45) is -10.3. The quantitative estimate of drug-likeness (QED) is 0.265. The number of halogens is 7. The van der Waals surface area contributed by atoms with Crippen molar-refractivity contribution in [3.05, 3.63) is 87.4 Å². The van der Waals surface area contributed by atoms with Crippen molar-refractivity contribution in [2.75, 3.05) is 14.2 Å². The third kappa shape index (κ3) is 7.38. The fraction of sp³-hybridized carbons (Fsp3) is 0.321. The van der Waals surface area contributed by atoms with Gasteiger partial charge in [-0.2, -0.15) is 26.3 Å². The number of hydrogen-bond donors (Lipinski definition) is 0. The van der Waals surface area contributed by atoms with Crippen LogP contribution in [0.1, 0.15) is 47.6 Å². The van der Waals surface area contributed by atoms with Gasteiger partial charge in [0.2, 0.25) is 0 Å². The number of carbonyl (C=O) groups excluding carboxylic acids is 1. The molecule has 0 unspecified atom stereocenters. The average Bonchev–Trinajstić information content (AvgIpc) is 2.86. The van der Waals surface area contributed by atoms with Crippen molar-refractivity contribution in [2.45, 2.75) is 45.2 Å². The Morgan fingerprint density at radius 2 is 1.51 bits per heavy atom. The van der Waals surface area contributed by atoms with E-state index in [1.807, 2.05) is 19.9 Å². The van der Waals surface area contributed by atoms with Crippen LogP contribution >= 0.6 is 11.6 Å². The number of nitrogens with zero attached hydrogens (tertiary/aromatic N) is 1. The van der Waals surface area contributed by atoms with Crippen LogP contribution in [0.2, 0.25) is 5.02 Å². The lowest BCUT2D eigenvalue weighted by Crippen LogP contribution is -2.30. The van der Waals surface area contributed by atoms with Crippen molar-refractivity contribution in [1.82, 2.24) is 4.90 Å². The Hall–Kier alpha value is -3.40. The fourth-order valence-electron chi connectivity index (χ4n) is 4.10. The molecule has 0 radical (unpaired) electrons. The highest BCUT2D eigenvalue weighted by Gasteiger charge is 2.33. The van der Waals surface area contributed by atoms with Gasteiger partial charge < -0.3 is 9.47 Å². The van der Waals surface area contributed by atoms with Crippen LogP contribution in [0.15, 0.2) is 54.6 Å². The molecule has 0 aromatic heterocycles. The maximum absolute atomic E-state index is 13.7. The van der Waals surface area contributed by atoms with Gasteiger partial charge in [0.1, 0.15) is 5.75 Å². The molecule has 0 N–H and O–H groups in total. The number of methoxy groups -OCH3 is 2. The number of hydrogen-bond acceptors (Lipinski definition) is 3. The zero-order valence-corrected chi connectivity index (χ0v) is 22.3. The minimum absolute atomic E-state index is 0.0214. The van der Waals surface area contributed by atoms with Crippen LogP contribution in [0, 0.1) is 0 Å². The second-order valence-corrected chi connectivity index (χ2v) is 9.59. The van der Waals surface area contributed by atoms with E-state index < -0.39 is 42.7 Å². The van der Waals surface area contributed by atoms with Crippen LogP contribution in [-0.2, 0) is 30.2 Å². The first-order chi connectivity index (χ1) is 18.1. The number of ether oxygens (including phenoxy) is 2. The standard InChI is InChI=1S/C28H26ClF6NO3/c1-16(2)18-5-8-25(38-3)24(12-18)23-7-6-20(27(30,31)32)11-19(23)15-36(26(37)39-4)14-17-9-21(28(33,34)35)13-22(29)10-17/h5-13,16H,14-15H2,1-4H3. The van der Waals surface area contributed by atoms with Gasteiger partial charge in [0.25, 0.3) is 0 Å². The second kappa shape index (κ2) is 11.8. The lowest BCUT2D eigenvalue weighted by Gasteiger charge is -2.25. The Balaban J connectivity index is 2.16. The van der Waals surface area contributed by atoms with E-state index in [1.165, 1.54) is 19.2 Å². The third-order valence-electron chi connectivity index (χ3n) is 6.07. The molecular weight excluding hydrogens is 548 g/mol. The molecule has 0 atom stereocenters. The van der Waals surface area contributed by atoms with E-state index in [0.717, 1.165) is 41.8 Å². The molecule has 0 bridgehead atoms. The Kier molecular flexibility index (Phi) is 9.10. The van der Waals surface area contributed by atoms with Gasteiger partial charge in [0, 0.05) is 23.7 Å². The molecule has 0 spiro atoms. The first-order valence-electron chi connectivity index (χ1n) is 11.7. The van der Waals surface area contributed by atoms with Crippen LogP contribution < -0.4 is 4.74 Å². The summed E-state index contributed by atoms with van der Waals surface area (Å²) in [5.41, 5.74) is -0.102. The van der Waals surface area contributed by atoms with E-state index in [0.29, 0.717) is 16.9 Å². The largest absolute Gasteiger partial charge is 0.496 e. The first kappa shape index (κ1) is 30.1. The molecule has 0 heterocycles. The molecule has 4 nitrogen and oxygen atoms in total. The lowest BCUT2D eigenvalue weighted by molar-refractivity contribution is -0.138. The Morgan fingerprint density at radius 3 is 2.08 bits per heavy atom. The predicted octanol–water partition coefficient (Wildman–Crippen LogP) is 8.95. The highest BCUT2D eigenvalue weighted by Crippen LogP contribution is 2.39. The molecular formula is C28H26ClF6NO3. The van der Waals surface area contributed by atoms with Crippen LogP contribution in [0.25, 0.3) is 11.1 Å². The molecule has 3 rings (SSSR count). The summed E-state index contributed by atoms with van der Waals surface area (Å²) in [5, 5.41) is -0.209. The van der Waals surface area contributed by atoms with Crippen molar-refractivity contribution < 1.29 is 40.6 Å². The number of amides is 1. The van der Waals surface area contributed by atoms with Crippen molar-refractivity contribution in [2.24, 2.45) is 0 Å². The zero-order valence-electron chi connectivity index (χ0n) is 21.5. The van der Waals surface area contributed by atoms with Crippen molar-refractivity contribution in [3.8, 4) is 16.9 Å². The van der Waals surface area contributed by atoms with Gasteiger partial charge >= 0.3 is 18.4 Å². The molecule has 0 fully saturated rings. The number of alkyl halides is 6. The van der Waals surface area contributed by atoms with E-state index in [4.69, 9.17) is 21.1 Å². The van der Waals surface area contributed by atoms with Gasteiger partial charge in [0.05, 0.1) is 25.3 Å². The summed E-state index contributed by atoms with van der Waals surface area (Å²) in [7, 11) is 2.49. The Bertz CT molecular complexity index is 1340. The van der Waals surface area contributed by atoms with Gasteiger partial charge in [-0.3, -0.25) is 4.90 Å². The third-order valence-corrected chi connectivity index (χ3v) is 6.28. The molecule has 11 heteroatoms. The van der Waals surface area contributed by atoms with Gasteiger partial charge in [-0.15, -0.1) is 0 Å². The summed E-state index contributed by atoms with van der Waals surface area (Å²) >= 11 is 5.89. The molecule has 0 saturated carbocycles. The molecule has 1 amide bonds. The minimum atomic E-state index is -4.69. The van der Waals surface area contributed by atoms with Crippen molar-refractivity contribution in [1.29, 1.82) is 0 Å². The Morgan fingerprint density at radius 1 is 0.846 bits per heavy atom. The van der Waals surface area contributed by atoms with Gasteiger partial charge in [0.15, 0.2) is 0 Å².